The number of esters is 1. The summed E-state index contributed by atoms with van der Waals surface area (Å²) < 4.78 is 4.44. The van der Waals surface area contributed by atoms with E-state index in [2.05, 4.69) is 10.1 Å². The second-order valence-corrected chi connectivity index (χ2v) is 2.31. The van der Waals surface area contributed by atoms with Gasteiger partial charge in [0.2, 0.25) is 0 Å². The topological polar surface area (TPSA) is 58.6 Å². The first-order chi connectivity index (χ1) is 4.75. The predicted octanol–water partition coefficient (Wildman–Crippen LogP) is -1.12. The van der Waals surface area contributed by atoms with Crippen LogP contribution in [0.25, 0.3) is 0 Å². The lowest BCUT2D eigenvalue weighted by Gasteiger charge is -2.10. The standard InChI is InChI=1S/C6H11NO3/c1-10-6(9)5-4(8)2-3-7-5/h4-5,7-8H,2-3H2,1H3/t4-,5-/m1/s1. The molecule has 0 aromatic heterocycles. The van der Waals surface area contributed by atoms with Gasteiger partial charge in [0.1, 0.15) is 6.04 Å². The van der Waals surface area contributed by atoms with Gasteiger partial charge in [-0.05, 0) is 13.0 Å². The molecule has 1 rings (SSSR count). The van der Waals surface area contributed by atoms with Crippen molar-refractivity contribution in [1.82, 2.24) is 5.32 Å². The SMILES string of the molecule is COC(=O)[C@@H]1NCC[C@H]1O. The lowest BCUT2D eigenvalue weighted by Crippen LogP contribution is -2.39. The lowest BCUT2D eigenvalue weighted by atomic mass is 10.2. The molecule has 0 unspecified atom stereocenters. The third-order valence-electron chi connectivity index (χ3n) is 1.64. The summed E-state index contributed by atoms with van der Waals surface area (Å²) in [6, 6.07) is -0.509. The first-order valence-corrected chi connectivity index (χ1v) is 3.25. The van der Waals surface area contributed by atoms with Crippen LogP contribution in [-0.4, -0.2) is 36.9 Å². The molecule has 2 N–H and O–H groups in total. The summed E-state index contributed by atoms with van der Waals surface area (Å²) >= 11 is 0. The number of hydrogen-bond donors (Lipinski definition) is 2. The first-order valence-electron chi connectivity index (χ1n) is 3.25. The molecule has 0 aromatic carbocycles. The van der Waals surface area contributed by atoms with E-state index in [0.717, 1.165) is 0 Å². The highest BCUT2D eigenvalue weighted by Gasteiger charge is 2.31. The predicted molar refractivity (Wildman–Crippen MR) is 34.4 cm³/mol. The quantitative estimate of drug-likeness (QED) is 0.459. The second-order valence-electron chi connectivity index (χ2n) is 2.31. The van der Waals surface area contributed by atoms with E-state index in [4.69, 9.17) is 5.11 Å². The van der Waals surface area contributed by atoms with Crippen LogP contribution in [0, 0.1) is 0 Å². The molecule has 4 nitrogen and oxygen atoms in total. The molecule has 58 valence electrons. The van der Waals surface area contributed by atoms with Crippen LogP contribution in [0.3, 0.4) is 0 Å². The van der Waals surface area contributed by atoms with Crippen molar-refractivity contribution in [3.05, 3.63) is 0 Å². The van der Waals surface area contributed by atoms with Gasteiger partial charge in [0.05, 0.1) is 13.2 Å². The minimum Gasteiger partial charge on any atom is -0.468 e. The van der Waals surface area contributed by atoms with Gasteiger partial charge in [-0.25, -0.2) is 0 Å². The highest BCUT2D eigenvalue weighted by Crippen LogP contribution is 2.07. The Kier molecular flexibility index (Phi) is 2.24. The summed E-state index contributed by atoms with van der Waals surface area (Å²) in [5.41, 5.74) is 0. The summed E-state index contributed by atoms with van der Waals surface area (Å²) in [6.45, 7) is 0.681. The molecule has 0 amide bonds. The maximum absolute atomic E-state index is 10.8. The molecule has 0 bridgehead atoms. The zero-order chi connectivity index (χ0) is 7.56. The Balaban J connectivity index is 2.46. The molecule has 0 spiro atoms. The van der Waals surface area contributed by atoms with Crippen molar-refractivity contribution in [1.29, 1.82) is 0 Å². The van der Waals surface area contributed by atoms with E-state index in [1.165, 1.54) is 7.11 Å². The molecule has 0 radical (unpaired) electrons. The van der Waals surface area contributed by atoms with Crippen LogP contribution >= 0.6 is 0 Å². The van der Waals surface area contributed by atoms with Crippen molar-refractivity contribution in [2.75, 3.05) is 13.7 Å². The van der Waals surface area contributed by atoms with Crippen LogP contribution in [0.5, 0.6) is 0 Å². The van der Waals surface area contributed by atoms with Crippen LogP contribution in [0.4, 0.5) is 0 Å². The number of methoxy groups -OCH3 is 1. The number of hydrogen-bond acceptors (Lipinski definition) is 4. The van der Waals surface area contributed by atoms with Gasteiger partial charge in [-0.15, -0.1) is 0 Å². The number of aliphatic hydroxyl groups is 1. The number of carbonyl (C=O) groups is 1. The molecule has 1 saturated heterocycles. The Morgan fingerprint density at radius 3 is 2.90 bits per heavy atom. The molecule has 1 aliphatic heterocycles. The van der Waals surface area contributed by atoms with E-state index in [0.29, 0.717) is 13.0 Å². The Morgan fingerprint density at radius 2 is 2.50 bits per heavy atom. The largest absolute Gasteiger partial charge is 0.468 e. The first kappa shape index (κ1) is 7.50. The minimum absolute atomic E-state index is 0.384. The van der Waals surface area contributed by atoms with Crippen molar-refractivity contribution >= 4 is 5.97 Å². The molecule has 0 aromatic rings. The minimum atomic E-state index is -0.576. The molecule has 1 aliphatic rings. The average Bonchev–Trinajstić information content (AvgIpc) is 2.34. The number of nitrogens with one attached hydrogen (secondary N) is 1. The fourth-order valence-electron chi connectivity index (χ4n) is 1.06. The van der Waals surface area contributed by atoms with Gasteiger partial charge < -0.3 is 15.2 Å². The fraction of sp³-hybridized carbons (Fsp3) is 0.833. The zero-order valence-electron chi connectivity index (χ0n) is 5.83. The summed E-state index contributed by atoms with van der Waals surface area (Å²) in [5.74, 6) is -0.384. The molecule has 0 saturated carbocycles. The molecule has 4 heteroatoms. The normalized spacial score (nSPS) is 32.2. The summed E-state index contributed by atoms with van der Waals surface area (Å²) in [7, 11) is 1.31. The van der Waals surface area contributed by atoms with E-state index in [1.807, 2.05) is 0 Å². The summed E-state index contributed by atoms with van der Waals surface area (Å²) in [6.07, 6.45) is 0.0483. The van der Waals surface area contributed by atoms with Crippen LogP contribution in [0.2, 0.25) is 0 Å². The van der Waals surface area contributed by atoms with Crippen molar-refractivity contribution < 1.29 is 14.6 Å². The van der Waals surface area contributed by atoms with Crippen molar-refractivity contribution in [2.24, 2.45) is 0 Å². The number of carbonyl (C=O) groups excluding carboxylic acids is 1. The van der Waals surface area contributed by atoms with Gasteiger partial charge in [0.15, 0.2) is 0 Å². The van der Waals surface area contributed by atoms with E-state index in [9.17, 15) is 4.79 Å². The monoisotopic (exact) mass is 145 g/mol. The Bertz CT molecular complexity index is 137. The van der Waals surface area contributed by atoms with Gasteiger partial charge in [0.25, 0.3) is 0 Å². The summed E-state index contributed by atoms with van der Waals surface area (Å²) in [4.78, 5) is 10.8. The fourth-order valence-corrected chi connectivity index (χ4v) is 1.06. The number of aliphatic hydroxyl groups excluding tert-OH is 1. The molecule has 10 heavy (non-hydrogen) atoms. The lowest BCUT2D eigenvalue weighted by molar-refractivity contribution is -0.144. The summed E-state index contributed by atoms with van der Waals surface area (Å²) in [5, 5.41) is 12.0. The Hall–Kier alpha value is -0.610. The van der Waals surface area contributed by atoms with Crippen LogP contribution in [-0.2, 0) is 9.53 Å². The third-order valence-corrected chi connectivity index (χ3v) is 1.64. The Labute approximate surface area is 59.2 Å². The van der Waals surface area contributed by atoms with E-state index >= 15 is 0 Å². The van der Waals surface area contributed by atoms with Crippen LogP contribution < -0.4 is 5.32 Å². The molecular formula is C6H11NO3. The molecule has 2 atom stereocenters. The zero-order valence-corrected chi connectivity index (χ0v) is 5.83. The van der Waals surface area contributed by atoms with Crippen molar-refractivity contribution in [2.45, 2.75) is 18.6 Å². The van der Waals surface area contributed by atoms with Gasteiger partial charge in [0, 0.05) is 0 Å². The smallest absolute Gasteiger partial charge is 0.325 e. The third kappa shape index (κ3) is 1.27. The number of ether oxygens (including phenoxy) is 1. The van der Waals surface area contributed by atoms with E-state index in [-0.39, 0.29) is 5.97 Å². The van der Waals surface area contributed by atoms with Crippen LogP contribution in [0.1, 0.15) is 6.42 Å². The average molecular weight is 145 g/mol. The Morgan fingerprint density at radius 1 is 1.80 bits per heavy atom. The van der Waals surface area contributed by atoms with Crippen LogP contribution in [0.15, 0.2) is 0 Å². The maximum Gasteiger partial charge on any atom is 0.325 e. The van der Waals surface area contributed by atoms with E-state index in [1.54, 1.807) is 0 Å². The number of rotatable bonds is 1. The highest BCUT2D eigenvalue weighted by atomic mass is 16.5. The van der Waals surface area contributed by atoms with Crippen molar-refractivity contribution in [3.8, 4) is 0 Å². The van der Waals surface area contributed by atoms with Gasteiger partial charge in [-0.1, -0.05) is 0 Å². The molecule has 1 heterocycles. The van der Waals surface area contributed by atoms with E-state index < -0.39 is 12.1 Å². The van der Waals surface area contributed by atoms with Gasteiger partial charge in [-0.3, -0.25) is 4.79 Å². The maximum atomic E-state index is 10.8. The molecule has 1 fully saturated rings. The molecule has 0 aliphatic carbocycles. The van der Waals surface area contributed by atoms with Gasteiger partial charge >= 0.3 is 5.97 Å². The van der Waals surface area contributed by atoms with Gasteiger partial charge in [-0.2, -0.15) is 0 Å². The molecular weight excluding hydrogens is 134 g/mol. The van der Waals surface area contributed by atoms with Crippen molar-refractivity contribution in [3.63, 3.8) is 0 Å². The highest BCUT2D eigenvalue weighted by molar-refractivity contribution is 5.76. The second kappa shape index (κ2) is 2.98.